The highest BCUT2D eigenvalue weighted by Crippen LogP contribution is 2.23. The van der Waals surface area contributed by atoms with Crippen molar-refractivity contribution in [3.05, 3.63) is 82.1 Å². The van der Waals surface area contributed by atoms with Crippen molar-refractivity contribution >= 4 is 5.91 Å². The van der Waals surface area contributed by atoms with Gasteiger partial charge in [-0.25, -0.2) is 13.5 Å². The van der Waals surface area contributed by atoms with E-state index in [9.17, 15) is 18.4 Å². The number of benzene rings is 2. The number of piperidine rings is 1. The Kier molecular flexibility index (Phi) is 6.30. The number of rotatable bonds is 5. The molecule has 32 heavy (non-hydrogen) atoms. The molecule has 0 saturated carbocycles. The highest BCUT2D eigenvalue weighted by atomic mass is 19.1. The SMILES string of the molecule is COc1ccc(-c2ccc(=O)n(CC3CCN(C(=O)c4ccc(F)cc4F)CC3)n2)cc1. The smallest absolute Gasteiger partial charge is 0.266 e. The van der Waals surface area contributed by atoms with Crippen molar-refractivity contribution < 1.29 is 18.3 Å². The van der Waals surface area contributed by atoms with Gasteiger partial charge in [-0.15, -0.1) is 0 Å². The first kappa shape index (κ1) is 21.7. The van der Waals surface area contributed by atoms with Crippen molar-refractivity contribution in [1.29, 1.82) is 0 Å². The average Bonchev–Trinajstić information content (AvgIpc) is 2.81. The number of halogens is 2. The fraction of sp³-hybridized carbons (Fsp3) is 0.292. The van der Waals surface area contributed by atoms with Crippen LogP contribution in [-0.4, -0.2) is 40.8 Å². The van der Waals surface area contributed by atoms with Crippen LogP contribution in [0.3, 0.4) is 0 Å². The minimum absolute atomic E-state index is 0.130. The van der Waals surface area contributed by atoms with Crippen molar-refractivity contribution in [2.24, 2.45) is 5.92 Å². The molecule has 0 atom stereocenters. The van der Waals surface area contributed by atoms with Gasteiger partial charge in [0.05, 0.1) is 18.4 Å². The van der Waals surface area contributed by atoms with E-state index in [0.717, 1.165) is 17.4 Å². The lowest BCUT2D eigenvalue weighted by molar-refractivity contribution is 0.0675. The summed E-state index contributed by atoms with van der Waals surface area (Å²) < 4.78 is 33.7. The number of hydrogen-bond acceptors (Lipinski definition) is 4. The molecule has 0 bridgehead atoms. The van der Waals surface area contributed by atoms with Crippen LogP contribution in [0.4, 0.5) is 8.78 Å². The molecule has 166 valence electrons. The zero-order valence-corrected chi connectivity index (χ0v) is 17.6. The molecule has 1 aliphatic heterocycles. The Balaban J connectivity index is 1.41. The third kappa shape index (κ3) is 4.69. The van der Waals surface area contributed by atoms with Gasteiger partial charge in [0.25, 0.3) is 11.5 Å². The number of methoxy groups -OCH3 is 1. The standard InChI is InChI=1S/C24H23F2N3O3/c1-32-19-5-2-17(3-6-19)22-8-9-23(30)29(27-22)15-16-10-12-28(13-11-16)24(31)20-7-4-18(25)14-21(20)26/h2-9,14,16H,10-13,15H2,1H3. The Morgan fingerprint density at radius 3 is 2.44 bits per heavy atom. The van der Waals surface area contributed by atoms with Crippen molar-refractivity contribution in [3.63, 3.8) is 0 Å². The topological polar surface area (TPSA) is 64.4 Å². The van der Waals surface area contributed by atoms with Gasteiger partial charge in [0.15, 0.2) is 0 Å². The normalized spacial score (nSPS) is 14.4. The summed E-state index contributed by atoms with van der Waals surface area (Å²) in [6.07, 6.45) is 1.32. The number of carbonyl (C=O) groups is 1. The van der Waals surface area contributed by atoms with Crippen LogP contribution in [0.5, 0.6) is 5.75 Å². The minimum atomic E-state index is -0.858. The van der Waals surface area contributed by atoms with E-state index < -0.39 is 17.5 Å². The van der Waals surface area contributed by atoms with E-state index in [1.54, 1.807) is 18.1 Å². The molecule has 2 aromatic carbocycles. The van der Waals surface area contributed by atoms with Gasteiger partial charge < -0.3 is 9.64 Å². The highest BCUT2D eigenvalue weighted by Gasteiger charge is 2.26. The maximum absolute atomic E-state index is 13.9. The van der Waals surface area contributed by atoms with E-state index in [-0.39, 0.29) is 17.0 Å². The minimum Gasteiger partial charge on any atom is -0.497 e. The molecule has 1 aliphatic rings. The lowest BCUT2D eigenvalue weighted by Crippen LogP contribution is -2.40. The maximum Gasteiger partial charge on any atom is 0.266 e. The largest absolute Gasteiger partial charge is 0.497 e. The van der Waals surface area contributed by atoms with Crippen molar-refractivity contribution in [3.8, 4) is 17.0 Å². The quantitative estimate of drug-likeness (QED) is 0.608. The van der Waals surface area contributed by atoms with Gasteiger partial charge in [-0.05, 0) is 61.2 Å². The van der Waals surface area contributed by atoms with E-state index in [1.165, 1.54) is 16.8 Å². The second-order valence-electron chi connectivity index (χ2n) is 7.83. The fourth-order valence-corrected chi connectivity index (χ4v) is 3.89. The van der Waals surface area contributed by atoms with Gasteiger partial charge in [0.1, 0.15) is 17.4 Å². The first-order valence-corrected chi connectivity index (χ1v) is 10.4. The number of hydrogen-bond donors (Lipinski definition) is 0. The molecule has 1 amide bonds. The van der Waals surface area contributed by atoms with Gasteiger partial charge >= 0.3 is 0 Å². The third-order valence-corrected chi connectivity index (χ3v) is 5.75. The summed E-state index contributed by atoms with van der Waals surface area (Å²) in [5, 5.41) is 4.51. The summed E-state index contributed by atoms with van der Waals surface area (Å²) in [4.78, 5) is 26.5. The molecule has 0 N–H and O–H groups in total. The molecular weight excluding hydrogens is 416 g/mol. The molecule has 0 spiro atoms. The summed E-state index contributed by atoms with van der Waals surface area (Å²) in [5.41, 5.74) is 1.25. The number of ether oxygens (including phenoxy) is 1. The number of carbonyl (C=O) groups excluding carboxylic acids is 1. The van der Waals surface area contributed by atoms with Gasteiger partial charge in [-0.1, -0.05) is 0 Å². The lowest BCUT2D eigenvalue weighted by Gasteiger charge is -2.32. The van der Waals surface area contributed by atoms with Gasteiger partial charge in [0, 0.05) is 37.3 Å². The second kappa shape index (κ2) is 9.30. The predicted molar refractivity (Wildman–Crippen MR) is 115 cm³/mol. The second-order valence-corrected chi connectivity index (χ2v) is 7.83. The summed E-state index contributed by atoms with van der Waals surface area (Å²) in [5.74, 6) is -1.12. The summed E-state index contributed by atoms with van der Waals surface area (Å²) in [7, 11) is 1.60. The molecule has 1 saturated heterocycles. The van der Waals surface area contributed by atoms with Crippen LogP contribution in [0.2, 0.25) is 0 Å². The van der Waals surface area contributed by atoms with Crippen molar-refractivity contribution in [2.75, 3.05) is 20.2 Å². The first-order chi connectivity index (χ1) is 15.4. The summed E-state index contributed by atoms with van der Waals surface area (Å²) >= 11 is 0. The molecule has 8 heteroatoms. The van der Waals surface area contributed by atoms with E-state index in [1.807, 2.05) is 24.3 Å². The molecule has 0 unspecified atom stereocenters. The Hall–Kier alpha value is -3.55. The Morgan fingerprint density at radius 1 is 1.06 bits per heavy atom. The molecule has 1 aromatic heterocycles. The van der Waals surface area contributed by atoms with E-state index in [0.29, 0.717) is 44.2 Å². The van der Waals surface area contributed by atoms with Crippen LogP contribution in [0.15, 0.2) is 59.4 Å². The molecule has 1 fully saturated rings. The molecule has 3 aromatic rings. The number of amides is 1. The van der Waals surface area contributed by atoms with Crippen LogP contribution < -0.4 is 10.3 Å². The predicted octanol–water partition coefficient (Wildman–Crippen LogP) is 3.75. The Labute approximate surface area is 184 Å². The Morgan fingerprint density at radius 2 is 1.78 bits per heavy atom. The van der Waals surface area contributed by atoms with Gasteiger partial charge in [-0.3, -0.25) is 9.59 Å². The monoisotopic (exact) mass is 439 g/mol. The van der Waals surface area contributed by atoms with Crippen LogP contribution in [-0.2, 0) is 6.54 Å². The maximum atomic E-state index is 13.9. The Bertz CT molecular complexity index is 1170. The van der Waals surface area contributed by atoms with E-state index >= 15 is 0 Å². The third-order valence-electron chi connectivity index (χ3n) is 5.75. The van der Waals surface area contributed by atoms with Crippen molar-refractivity contribution in [1.82, 2.24) is 14.7 Å². The summed E-state index contributed by atoms with van der Waals surface area (Å²) in [6, 6.07) is 13.6. The molecule has 4 rings (SSSR count). The molecule has 2 heterocycles. The van der Waals surface area contributed by atoms with Crippen LogP contribution in [0.25, 0.3) is 11.3 Å². The van der Waals surface area contributed by atoms with Gasteiger partial charge in [-0.2, -0.15) is 5.10 Å². The zero-order valence-electron chi connectivity index (χ0n) is 17.6. The highest BCUT2D eigenvalue weighted by molar-refractivity contribution is 5.94. The number of likely N-dealkylation sites (tertiary alicyclic amines) is 1. The van der Waals surface area contributed by atoms with Gasteiger partial charge in [0.2, 0.25) is 0 Å². The number of nitrogens with zero attached hydrogens (tertiary/aromatic N) is 3. The molecule has 0 aliphatic carbocycles. The van der Waals surface area contributed by atoms with Crippen LogP contribution in [0, 0.1) is 17.6 Å². The van der Waals surface area contributed by atoms with E-state index in [4.69, 9.17) is 4.74 Å². The molecular formula is C24H23F2N3O3. The number of aromatic nitrogens is 2. The van der Waals surface area contributed by atoms with Crippen molar-refractivity contribution in [2.45, 2.75) is 19.4 Å². The van der Waals surface area contributed by atoms with Crippen LogP contribution >= 0.6 is 0 Å². The zero-order chi connectivity index (χ0) is 22.7. The average molecular weight is 439 g/mol. The van der Waals surface area contributed by atoms with Crippen LogP contribution in [0.1, 0.15) is 23.2 Å². The molecule has 6 nitrogen and oxygen atoms in total. The summed E-state index contributed by atoms with van der Waals surface area (Å²) in [6.45, 7) is 1.32. The first-order valence-electron chi connectivity index (χ1n) is 10.4. The molecule has 0 radical (unpaired) electrons. The lowest BCUT2D eigenvalue weighted by atomic mass is 9.96. The van der Waals surface area contributed by atoms with E-state index in [2.05, 4.69) is 5.10 Å². The fourth-order valence-electron chi connectivity index (χ4n) is 3.89.